The number of rotatable bonds is 7. The second-order valence-corrected chi connectivity index (χ2v) is 4.43. The van der Waals surface area contributed by atoms with Gasteiger partial charge >= 0.3 is 0 Å². The normalized spacial score (nSPS) is 13.4. The van der Waals surface area contributed by atoms with E-state index in [1.807, 2.05) is 39.0 Å². The summed E-state index contributed by atoms with van der Waals surface area (Å²) < 4.78 is 10.8. The van der Waals surface area contributed by atoms with E-state index in [1.54, 1.807) is 7.11 Å². The lowest BCUT2D eigenvalue weighted by Gasteiger charge is -2.16. The summed E-state index contributed by atoms with van der Waals surface area (Å²) in [5.74, 6) is 1.56. The monoisotopic (exact) mass is 265 g/mol. The zero-order chi connectivity index (χ0) is 14.3. The summed E-state index contributed by atoms with van der Waals surface area (Å²) >= 11 is 0. The third-order valence-corrected chi connectivity index (χ3v) is 2.88. The van der Waals surface area contributed by atoms with Crippen molar-refractivity contribution in [2.75, 3.05) is 13.7 Å². The minimum Gasteiger partial charge on any atom is -0.464 e. The molecule has 1 unspecified atom stereocenters. The summed E-state index contributed by atoms with van der Waals surface area (Å²) in [6.45, 7) is 6.23. The third kappa shape index (κ3) is 4.56. The van der Waals surface area contributed by atoms with Crippen molar-refractivity contribution in [3.63, 3.8) is 0 Å². The predicted octanol–water partition coefficient (Wildman–Crippen LogP) is 3.00. The number of hydrogen-bond donors (Lipinski definition) is 1. The van der Waals surface area contributed by atoms with Crippen LogP contribution < -0.4 is 5.32 Å². The Hall–Kier alpha value is -1.55. The van der Waals surface area contributed by atoms with Gasteiger partial charge in [0.05, 0.1) is 6.61 Å². The smallest absolute Gasteiger partial charge is 0.247 e. The van der Waals surface area contributed by atoms with Crippen molar-refractivity contribution in [1.29, 1.82) is 0 Å². The number of methoxy groups -OCH3 is 1. The van der Waals surface area contributed by atoms with Crippen LogP contribution in [0.15, 0.2) is 28.2 Å². The molecule has 1 amide bonds. The van der Waals surface area contributed by atoms with E-state index >= 15 is 0 Å². The Kier molecular flexibility index (Phi) is 6.36. The number of carbonyl (C=O) groups is 1. The van der Waals surface area contributed by atoms with Crippen LogP contribution >= 0.6 is 0 Å². The van der Waals surface area contributed by atoms with Crippen molar-refractivity contribution < 1.29 is 13.9 Å². The highest BCUT2D eigenvalue weighted by atomic mass is 16.5. The number of amides is 1. The molecule has 0 saturated heterocycles. The number of ether oxygens (including phenoxy) is 1. The first-order chi connectivity index (χ1) is 9.12. The van der Waals surface area contributed by atoms with Crippen molar-refractivity contribution in [2.24, 2.45) is 0 Å². The van der Waals surface area contributed by atoms with Gasteiger partial charge in [0, 0.05) is 19.1 Å². The number of carbonyl (C=O) groups excluding carboxylic acids is 1. The van der Waals surface area contributed by atoms with E-state index in [1.165, 1.54) is 0 Å². The van der Waals surface area contributed by atoms with E-state index in [0.717, 1.165) is 24.4 Å². The SMILES string of the molecule is CCC=C(C)C(=O)NC(COC)c1ccc(CC)o1. The molecule has 1 heterocycles. The van der Waals surface area contributed by atoms with Crippen LogP contribution in [0.5, 0.6) is 0 Å². The zero-order valence-corrected chi connectivity index (χ0v) is 12.2. The van der Waals surface area contributed by atoms with Crippen molar-refractivity contribution >= 4 is 5.91 Å². The van der Waals surface area contributed by atoms with Crippen LogP contribution in [-0.4, -0.2) is 19.6 Å². The standard InChI is InChI=1S/C15H23NO3/c1-5-7-11(3)15(17)16-13(10-18-4)14-9-8-12(6-2)19-14/h7-9,13H,5-6,10H2,1-4H3,(H,16,17). The van der Waals surface area contributed by atoms with Crippen molar-refractivity contribution in [3.05, 3.63) is 35.3 Å². The first-order valence-corrected chi connectivity index (χ1v) is 6.67. The second kappa shape index (κ2) is 7.79. The second-order valence-electron chi connectivity index (χ2n) is 4.43. The first-order valence-electron chi connectivity index (χ1n) is 6.67. The van der Waals surface area contributed by atoms with Gasteiger partial charge in [0.25, 0.3) is 0 Å². The fraction of sp³-hybridized carbons (Fsp3) is 0.533. The van der Waals surface area contributed by atoms with Crippen molar-refractivity contribution in [1.82, 2.24) is 5.32 Å². The lowest BCUT2D eigenvalue weighted by molar-refractivity contribution is -0.118. The molecule has 1 aromatic heterocycles. The van der Waals surface area contributed by atoms with Gasteiger partial charge in [-0.3, -0.25) is 4.79 Å². The maximum Gasteiger partial charge on any atom is 0.247 e. The molecule has 19 heavy (non-hydrogen) atoms. The van der Waals surface area contributed by atoms with Gasteiger partial charge in [0.1, 0.15) is 17.6 Å². The summed E-state index contributed by atoms with van der Waals surface area (Å²) in [6.07, 6.45) is 3.58. The molecule has 1 N–H and O–H groups in total. The largest absolute Gasteiger partial charge is 0.464 e. The van der Waals surface area contributed by atoms with Gasteiger partial charge in [-0.05, 0) is 25.5 Å². The molecule has 0 aromatic carbocycles. The summed E-state index contributed by atoms with van der Waals surface area (Å²) in [6, 6.07) is 3.57. The maximum atomic E-state index is 12.0. The highest BCUT2D eigenvalue weighted by molar-refractivity contribution is 5.92. The zero-order valence-electron chi connectivity index (χ0n) is 12.2. The van der Waals surface area contributed by atoms with Crippen LogP contribution in [0.1, 0.15) is 44.8 Å². The topological polar surface area (TPSA) is 51.5 Å². The molecule has 4 heteroatoms. The predicted molar refractivity (Wildman–Crippen MR) is 74.9 cm³/mol. The summed E-state index contributed by atoms with van der Waals surface area (Å²) in [5.41, 5.74) is 0.714. The highest BCUT2D eigenvalue weighted by Gasteiger charge is 2.18. The quantitative estimate of drug-likeness (QED) is 0.771. The van der Waals surface area contributed by atoms with E-state index in [4.69, 9.17) is 9.15 Å². The van der Waals surface area contributed by atoms with E-state index in [0.29, 0.717) is 12.2 Å². The lowest BCUT2D eigenvalue weighted by atomic mass is 10.2. The fourth-order valence-corrected chi connectivity index (χ4v) is 1.80. The molecular weight excluding hydrogens is 242 g/mol. The third-order valence-electron chi connectivity index (χ3n) is 2.88. The molecule has 106 valence electrons. The first kappa shape index (κ1) is 15.5. The Bertz CT molecular complexity index is 434. The molecule has 4 nitrogen and oxygen atoms in total. The number of nitrogens with one attached hydrogen (secondary N) is 1. The molecule has 0 aliphatic heterocycles. The van der Waals surface area contributed by atoms with Crippen LogP contribution in [0, 0.1) is 0 Å². The molecule has 0 saturated carbocycles. The van der Waals surface area contributed by atoms with Gasteiger partial charge in [-0.25, -0.2) is 0 Å². The van der Waals surface area contributed by atoms with E-state index < -0.39 is 0 Å². The summed E-state index contributed by atoms with van der Waals surface area (Å²) in [4.78, 5) is 12.0. The number of aryl methyl sites for hydroxylation is 1. The number of furan rings is 1. The van der Waals surface area contributed by atoms with Gasteiger partial charge in [0.15, 0.2) is 0 Å². The Morgan fingerprint density at radius 3 is 2.74 bits per heavy atom. The molecular formula is C15H23NO3. The van der Waals surface area contributed by atoms with Gasteiger partial charge < -0.3 is 14.5 Å². The number of allylic oxidation sites excluding steroid dienone is 1. The Balaban J connectivity index is 2.77. The Morgan fingerprint density at radius 1 is 1.47 bits per heavy atom. The molecule has 1 aromatic rings. The number of hydrogen-bond acceptors (Lipinski definition) is 3. The maximum absolute atomic E-state index is 12.0. The fourth-order valence-electron chi connectivity index (χ4n) is 1.80. The van der Waals surface area contributed by atoms with Crippen LogP contribution in [0.4, 0.5) is 0 Å². The molecule has 0 aliphatic carbocycles. The summed E-state index contributed by atoms with van der Waals surface area (Å²) in [5, 5.41) is 2.93. The van der Waals surface area contributed by atoms with Crippen molar-refractivity contribution in [3.8, 4) is 0 Å². The van der Waals surface area contributed by atoms with E-state index in [-0.39, 0.29) is 11.9 Å². The van der Waals surface area contributed by atoms with Gasteiger partial charge in [-0.1, -0.05) is 19.9 Å². The van der Waals surface area contributed by atoms with Crippen molar-refractivity contribution in [2.45, 2.75) is 39.7 Å². The molecule has 0 radical (unpaired) electrons. The highest BCUT2D eigenvalue weighted by Crippen LogP contribution is 2.18. The minimum atomic E-state index is -0.252. The molecule has 1 rings (SSSR count). The average molecular weight is 265 g/mol. The molecule has 1 atom stereocenters. The summed E-state index contributed by atoms with van der Waals surface area (Å²) in [7, 11) is 1.61. The molecule has 0 bridgehead atoms. The van der Waals surface area contributed by atoms with Gasteiger partial charge in [-0.2, -0.15) is 0 Å². The van der Waals surface area contributed by atoms with Crippen LogP contribution in [-0.2, 0) is 16.0 Å². The molecule has 0 spiro atoms. The van der Waals surface area contributed by atoms with E-state index in [2.05, 4.69) is 5.32 Å². The minimum absolute atomic E-state index is 0.0849. The van der Waals surface area contributed by atoms with E-state index in [9.17, 15) is 4.79 Å². The molecule has 0 aliphatic rings. The van der Waals surface area contributed by atoms with Gasteiger partial charge in [0.2, 0.25) is 5.91 Å². The molecule has 0 fully saturated rings. The van der Waals surface area contributed by atoms with Gasteiger partial charge in [-0.15, -0.1) is 0 Å². The average Bonchev–Trinajstić information content (AvgIpc) is 2.87. The Morgan fingerprint density at radius 2 is 2.21 bits per heavy atom. The Labute approximate surface area is 114 Å². The lowest BCUT2D eigenvalue weighted by Crippen LogP contribution is -2.31. The van der Waals surface area contributed by atoms with Crippen LogP contribution in [0.3, 0.4) is 0 Å². The van der Waals surface area contributed by atoms with Crippen LogP contribution in [0.25, 0.3) is 0 Å². The van der Waals surface area contributed by atoms with Crippen LogP contribution in [0.2, 0.25) is 0 Å².